The zero-order valence-corrected chi connectivity index (χ0v) is 17.2. The zero-order valence-electron chi connectivity index (χ0n) is 16.4. The van der Waals surface area contributed by atoms with E-state index in [1.165, 1.54) is 0 Å². The molecule has 0 radical (unpaired) electrons. The summed E-state index contributed by atoms with van der Waals surface area (Å²) in [5, 5.41) is 9.50. The summed E-state index contributed by atoms with van der Waals surface area (Å²) in [6.07, 6.45) is 3.08. The summed E-state index contributed by atoms with van der Waals surface area (Å²) in [6.45, 7) is 1.60. The van der Waals surface area contributed by atoms with Gasteiger partial charge in [-0.2, -0.15) is 0 Å². The molecule has 2 aromatic carbocycles. The first kappa shape index (κ1) is 21.1. The number of H-pyrrole nitrogens is 2. The van der Waals surface area contributed by atoms with E-state index in [1.54, 1.807) is 31.3 Å². The number of hydrogen-bond donors (Lipinski definition) is 4. The Hall–Kier alpha value is -3.59. The van der Waals surface area contributed by atoms with Crippen LogP contribution >= 0.6 is 0 Å². The SMILES string of the molecule is CCC(=O)O.CS(=O)(=O)Nc1cccc(-c2ccc3[nH]c(=O)c4[nH]ccc4c3c2)c1. The molecule has 0 amide bonds. The minimum atomic E-state index is -3.33. The van der Waals surface area contributed by atoms with Crippen LogP contribution in [0.1, 0.15) is 13.3 Å². The van der Waals surface area contributed by atoms with Crippen LogP contribution in [0.4, 0.5) is 5.69 Å². The Kier molecular flexibility index (Phi) is 5.93. The van der Waals surface area contributed by atoms with E-state index < -0.39 is 16.0 Å². The Morgan fingerprint density at radius 1 is 1.07 bits per heavy atom. The van der Waals surface area contributed by atoms with Crippen LogP contribution in [0.25, 0.3) is 32.9 Å². The van der Waals surface area contributed by atoms with Crippen molar-refractivity contribution in [3.8, 4) is 11.1 Å². The molecule has 0 atom stereocenters. The van der Waals surface area contributed by atoms with Gasteiger partial charge in [0, 0.05) is 34.6 Å². The minimum absolute atomic E-state index is 0.153. The van der Waals surface area contributed by atoms with Gasteiger partial charge in [0.15, 0.2) is 0 Å². The van der Waals surface area contributed by atoms with Crippen LogP contribution in [0.5, 0.6) is 0 Å². The van der Waals surface area contributed by atoms with Gasteiger partial charge >= 0.3 is 5.97 Å². The number of aromatic nitrogens is 2. The molecule has 0 bridgehead atoms. The van der Waals surface area contributed by atoms with Crippen LogP contribution in [0.2, 0.25) is 0 Å². The monoisotopic (exact) mass is 427 g/mol. The van der Waals surface area contributed by atoms with Crippen LogP contribution in [-0.4, -0.2) is 35.7 Å². The molecule has 4 N–H and O–H groups in total. The van der Waals surface area contributed by atoms with E-state index in [9.17, 15) is 18.0 Å². The van der Waals surface area contributed by atoms with E-state index in [0.29, 0.717) is 11.2 Å². The maximum atomic E-state index is 12.0. The number of aromatic amines is 2. The number of pyridine rings is 1. The smallest absolute Gasteiger partial charge is 0.303 e. The molecule has 0 spiro atoms. The highest BCUT2D eigenvalue weighted by molar-refractivity contribution is 7.92. The second-order valence-corrected chi connectivity index (χ2v) is 8.43. The van der Waals surface area contributed by atoms with Crippen molar-refractivity contribution in [3.63, 3.8) is 0 Å². The molecule has 0 fully saturated rings. The molecule has 0 aliphatic carbocycles. The van der Waals surface area contributed by atoms with E-state index in [4.69, 9.17) is 5.11 Å². The highest BCUT2D eigenvalue weighted by Crippen LogP contribution is 2.28. The molecular weight excluding hydrogens is 406 g/mol. The Bertz CT molecular complexity index is 1390. The predicted molar refractivity (Wildman–Crippen MR) is 118 cm³/mol. The van der Waals surface area contributed by atoms with Crippen molar-refractivity contribution in [3.05, 3.63) is 65.1 Å². The minimum Gasteiger partial charge on any atom is -0.481 e. The molecule has 0 aliphatic rings. The van der Waals surface area contributed by atoms with Crippen LogP contribution in [0.15, 0.2) is 59.5 Å². The van der Waals surface area contributed by atoms with E-state index >= 15 is 0 Å². The lowest BCUT2D eigenvalue weighted by molar-refractivity contribution is -0.136. The summed E-state index contributed by atoms with van der Waals surface area (Å²) in [5.74, 6) is -0.745. The van der Waals surface area contributed by atoms with E-state index in [-0.39, 0.29) is 12.0 Å². The van der Waals surface area contributed by atoms with Gasteiger partial charge in [-0.3, -0.25) is 14.3 Å². The molecule has 156 valence electrons. The molecular formula is C21H21N3O5S. The zero-order chi connectivity index (χ0) is 21.9. The summed E-state index contributed by atoms with van der Waals surface area (Å²) in [6, 6.07) is 14.8. The van der Waals surface area contributed by atoms with Gasteiger partial charge in [-0.1, -0.05) is 25.1 Å². The first-order valence-corrected chi connectivity index (χ1v) is 11.0. The third kappa shape index (κ3) is 4.87. The maximum Gasteiger partial charge on any atom is 0.303 e. The summed E-state index contributed by atoms with van der Waals surface area (Å²) in [4.78, 5) is 27.2. The van der Waals surface area contributed by atoms with E-state index in [2.05, 4.69) is 14.7 Å². The molecule has 4 rings (SSSR count). The van der Waals surface area contributed by atoms with Crippen LogP contribution in [0.3, 0.4) is 0 Å². The highest BCUT2D eigenvalue weighted by atomic mass is 32.2. The van der Waals surface area contributed by atoms with Gasteiger partial charge in [0.05, 0.1) is 6.26 Å². The van der Waals surface area contributed by atoms with Gasteiger partial charge in [-0.05, 0) is 41.5 Å². The van der Waals surface area contributed by atoms with Crippen molar-refractivity contribution in [1.29, 1.82) is 0 Å². The van der Waals surface area contributed by atoms with Gasteiger partial charge in [0.2, 0.25) is 10.0 Å². The lowest BCUT2D eigenvalue weighted by Crippen LogP contribution is -2.09. The third-order valence-electron chi connectivity index (χ3n) is 4.33. The standard InChI is InChI=1S/C18H15N3O3S.C3H6O2/c1-25(23,24)21-13-4-2-3-11(9-13)12-5-6-16-15(10-12)14-7-8-19-17(14)18(22)20-16;1-2-3(4)5/h2-10,19,21H,1H3,(H,20,22);2H2,1H3,(H,4,5). The number of nitrogens with one attached hydrogen (secondary N) is 3. The molecule has 2 aromatic heterocycles. The number of aliphatic carboxylic acids is 1. The number of benzene rings is 2. The fraction of sp³-hybridized carbons (Fsp3) is 0.143. The maximum absolute atomic E-state index is 12.0. The molecule has 0 saturated heterocycles. The van der Waals surface area contributed by atoms with Crippen molar-refractivity contribution in [1.82, 2.24) is 9.97 Å². The van der Waals surface area contributed by atoms with Gasteiger partial charge in [-0.15, -0.1) is 0 Å². The Morgan fingerprint density at radius 3 is 2.43 bits per heavy atom. The second kappa shape index (κ2) is 8.42. The first-order valence-electron chi connectivity index (χ1n) is 9.11. The van der Waals surface area contributed by atoms with Gasteiger partial charge in [0.1, 0.15) is 5.52 Å². The molecule has 4 aromatic rings. The van der Waals surface area contributed by atoms with Crippen molar-refractivity contribution in [2.45, 2.75) is 13.3 Å². The fourth-order valence-corrected chi connectivity index (χ4v) is 3.55. The van der Waals surface area contributed by atoms with Crippen LogP contribution < -0.4 is 10.3 Å². The quantitative estimate of drug-likeness (QED) is 0.396. The van der Waals surface area contributed by atoms with Crippen LogP contribution in [-0.2, 0) is 14.8 Å². The molecule has 0 unspecified atom stereocenters. The Balaban J connectivity index is 0.000000461. The number of anilines is 1. The number of fused-ring (bicyclic) bond motifs is 3. The molecule has 0 saturated carbocycles. The topological polar surface area (TPSA) is 132 Å². The lowest BCUT2D eigenvalue weighted by atomic mass is 10.0. The fourth-order valence-electron chi connectivity index (χ4n) is 3.00. The number of rotatable bonds is 4. The third-order valence-corrected chi connectivity index (χ3v) is 4.94. The number of sulfonamides is 1. The van der Waals surface area contributed by atoms with E-state index in [0.717, 1.165) is 33.7 Å². The molecule has 9 heteroatoms. The largest absolute Gasteiger partial charge is 0.481 e. The number of hydrogen-bond acceptors (Lipinski definition) is 4. The van der Waals surface area contributed by atoms with Crippen molar-refractivity contribution in [2.24, 2.45) is 0 Å². The van der Waals surface area contributed by atoms with E-state index in [1.807, 2.05) is 30.3 Å². The van der Waals surface area contributed by atoms with Gasteiger partial charge in [0.25, 0.3) is 5.56 Å². The van der Waals surface area contributed by atoms with Crippen molar-refractivity contribution in [2.75, 3.05) is 11.0 Å². The van der Waals surface area contributed by atoms with Crippen molar-refractivity contribution >= 4 is 43.5 Å². The van der Waals surface area contributed by atoms with Gasteiger partial charge < -0.3 is 15.1 Å². The summed E-state index contributed by atoms with van der Waals surface area (Å²) in [5.41, 5.74) is 3.46. The molecule has 0 aliphatic heterocycles. The summed E-state index contributed by atoms with van der Waals surface area (Å²) < 4.78 is 25.3. The van der Waals surface area contributed by atoms with Gasteiger partial charge in [-0.25, -0.2) is 8.42 Å². The summed E-state index contributed by atoms with van der Waals surface area (Å²) >= 11 is 0. The molecule has 30 heavy (non-hydrogen) atoms. The number of carbonyl (C=O) groups is 1. The Labute approximate surface area is 172 Å². The highest BCUT2D eigenvalue weighted by Gasteiger charge is 2.09. The van der Waals surface area contributed by atoms with Crippen molar-refractivity contribution < 1.29 is 18.3 Å². The molecule has 2 heterocycles. The Morgan fingerprint density at radius 2 is 1.77 bits per heavy atom. The normalized spacial score (nSPS) is 11.1. The summed E-state index contributed by atoms with van der Waals surface area (Å²) in [7, 11) is -3.33. The number of carboxylic acid groups (broad SMARTS) is 1. The predicted octanol–water partition coefficient (Wildman–Crippen LogP) is 3.53. The lowest BCUT2D eigenvalue weighted by Gasteiger charge is -2.08. The van der Waals surface area contributed by atoms with Crippen LogP contribution in [0, 0.1) is 0 Å². The number of carboxylic acids is 1. The average Bonchev–Trinajstić information content (AvgIpc) is 3.18. The first-order chi connectivity index (χ1) is 14.2. The second-order valence-electron chi connectivity index (χ2n) is 6.68. The molecule has 8 nitrogen and oxygen atoms in total. The average molecular weight is 427 g/mol.